The van der Waals surface area contributed by atoms with Crippen molar-refractivity contribution in [2.75, 3.05) is 0 Å². The minimum absolute atomic E-state index is 0. The molecule has 6 aromatic carbocycles. The van der Waals surface area contributed by atoms with Gasteiger partial charge >= 0.3 is 20.1 Å². The molecule has 0 unspecified atom stereocenters. The molecule has 0 spiro atoms. The van der Waals surface area contributed by atoms with E-state index in [0.29, 0.717) is 0 Å². The van der Waals surface area contributed by atoms with Crippen molar-refractivity contribution in [3.8, 4) is 67.5 Å². The Morgan fingerprint density at radius 3 is 0.830 bits per heavy atom. The van der Waals surface area contributed by atoms with Crippen LogP contribution in [0.4, 0.5) is 0 Å². The van der Waals surface area contributed by atoms with Gasteiger partial charge in [-0.15, -0.1) is 0 Å². The van der Waals surface area contributed by atoms with E-state index in [2.05, 4.69) is 72.8 Å². The number of aromatic nitrogens is 4. The molecule has 0 amide bonds. The van der Waals surface area contributed by atoms with Crippen LogP contribution in [-0.4, -0.2) is 25.8 Å². The number of nitrogens with two attached hydrogens (primary N) is 1. The van der Waals surface area contributed by atoms with Gasteiger partial charge in [0.1, 0.15) is 0 Å². The summed E-state index contributed by atoms with van der Waals surface area (Å²) in [5.41, 5.74) is 16.5. The van der Waals surface area contributed by atoms with Crippen LogP contribution in [0.15, 0.2) is 194 Å². The minimum atomic E-state index is 0. The molecule has 0 saturated heterocycles. The first-order valence-electron chi connectivity index (χ1n) is 16.9. The number of hydrogen-bond donors (Lipinski definition) is 2. The second-order valence-electron chi connectivity index (χ2n) is 11.8. The van der Waals surface area contributed by atoms with Crippen molar-refractivity contribution >= 4 is 5.84 Å². The van der Waals surface area contributed by atoms with Crippen LogP contribution in [0.25, 0.3) is 67.5 Å². The topological polar surface area (TPSA) is 101 Å². The Kier molecular flexibility index (Phi) is 13.8. The molecule has 0 aliphatic carbocycles. The van der Waals surface area contributed by atoms with E-state index in [1.807, 2.05) is 122 Å². The molecule has 6 nitrogen and oxygen atoms in total. The van der Waals surface area contributed by atoms with E-state index in [-0.39, 0.29) is 25.9 Å². The molecular weight excluding hydrogens is 829 g/mol. The fraction of sp³-hybridized carbons (Fsp3) is 0.0217. The Morgan fingerprint density at radius 1 is 0.377 bits per heavy atom. The Labute approximate surface area is 324 Å². The van der Waals surface area contributed by atoms with Crippen molar-refractivity contribution in [1.29, 1.82) is 5.41 Å². The minimum Gasteiger partial charge on any atom is -0.388 e. The third-order valence-electron chi connectivity index (χ3n) is 7.87. The zero-order valence-electron chi connectivity index (χ0n) is 29.2. The summed E-state index contributed by atoms with van der Waals surface area (Å²) >= 11 is 0. The molecule has 0 saturated carbocycles. The van der Waals surface area contributed by atoms with E-state index in [4.69, 9.17) is 31.1 Å². The average Bonchev–Trinajstić information content (AvgIpc) is 3.22. The molecule has 0 aliphatic rings. The zero-order chi connectivity index (χ0) is 36.0. The van der Waals surface area contributed by atoms with Gasteiger partial charge in [-0.2, -0.15) is 0 Å². The summed E-state index contributed by atoms with van der Waals surface area (Å²) in [5.74, 6) is 0.167. The molecule has 7 heteroatoms. The van der Waals surface area contributed by atoms with Crippen molar-refractivity contribution in [3.63, 3.8) is 0 Å². The fourth-order valence-electron chi connectivity index (χ4n) is 5.48. The van der Waals surface area contributed by atoms with Crippen LogP contribution in [-0.2, 0) is 20.1 Å². The molecule has 0 radical (unpaired) electrons. The third kappa shape index (κ3) is 10.3. The molecule has 0 aliphatic heterocycles. The van der Waals surface area contributed by atoms with Gasteiger partial charge in [0.25, 0.3) is 0 Å². The summed E-state index contributed by atoms with van der Waals surface area (Å²) in [6.45, 7) is 1.53. The van der Waals surface area contributed by atoms with Crippen molar-refractivity contribution < 1.29 is 20.1 Å². The molecule has 0 atom stereocenters. The van der Waals surface area contributed by atoms with Gasteiger partial charge in [-0.25, -0.2) is 9.97 Å². The third-order valence-corrected chi connectivity index (χ3v) is 7.87. The second-order valence-corrected chi connectivity index (χ2v) is 11.8. The van der Waals surface area contributed by atoms with Crippen LogP contribution in [0.2, 0.25) is 0 Å². The van der Waals surface area contributed by atoms with Crippen LogP contribution >= 0.6 is 0 Å². The van der Waals surface area contributed by atoms with Gasteiger partial charge in [0.15, 0.2) is 0 Å². The summed E-state index contributed by atoms with van der Waals surface area (Å²) in [7, 11) is 0. The molecule has 2 heterocycles. The van der Waals surface area contributed by atoms with Crippen LogP contribution in [0.5, 0.6) is 0 Å². The number of benzene rings is 6. The van der Waals surface area contributed by atoms with Gasteiger partial charge < -0.3 is 5.73 Å². The van der Waals surface area contributed by atoms with Crippen LogP contribution in [0.3, 0.4) is 0 Å². The molecule has 8 rings (SSSR count). The molecule has 0 bridgehead atoms. The first-order valence-corrected chi connectivity index (χ1v) is 16.9. The van der Waals surface area contributed by atoms with Gasteiger partial charge in [-0.05, 0) is 6.92 Å². The van der Waals surface area contributed by atoms with Crippen molar-refractivity contribution in [3.05, 3.63) is 194 Å². The Bertz CT molecular complexity index is 2140. The maximum atomic E-state index is 6.28. The summed E-state index contributed by atoms with van der Waals surface area (Å²) in [6, 6.07) is 61.1. The SMILES string of the molecule is CC(=N)N.[Ir+3].c1ccc(-c2cnc(-c3ccccc3)c(-c3ccccc3)n2)cc1.c1ccc(-c2cnc(-c3ccccc3)c(-c3ccccc3)n2)cc1. The van der Waals surface area contributed by atoms with Crippen LogP contribution in [0.1, 0.15) is 6.92 Å². The van der Waals surface area contributed by atoms with Crippen LogP contribution < -0.4 is 5.73 Å². The van der Waals surface area contributed by atoms with Crippen molar-refractivity contribution in [1.82, 2.24) is 19.9 Å². The van der Waals surface area contributed by atoms with Crippen LogP contribution in [0, 0.1) is 5.41 Å². The second kappa shape index (κ2) is 19.3. The number of rotatable bonds is 6. The molecule has 8 aromatic rings. The van der Waals surface area contributed by atoms with Gasteiger partial charge in [0, 0.05) is 33.4 Å². The van der Waals surface area contributed by atoms with Gasteiger partial charge in [-0.1, -0.05) is 182 Å². The largest absolute Gasteiger partial charge is 3.00 e. The van der Waals surface area contributed by atoms with Crippen molar-refractivity contribution in [2.45, 2.75) is 6.92 Å². The molecule has 0 fully saturated rings. The molecule has 258 valence electrons. The number of hydrogen-bond acceptors (Lipinski definition) is 5. The zero-order valence-corrected chi connectivity index (χ0v) is 31.6. The maximum Gasteiger partial charge on any atom is 3.00 e. The fourth-order valence-corrected chi connectivity index (χ4v) is 5.48. The van der Waals surface area contributed by atoms with E-state index >= 15 is 0 Å². The van der Waals surface area contributed by atoms with Gasteiger partial charge in [-0.3, -0.25) is 15.4 Å². The number of nitrogens with zero attached hydrogens (tertiary/aromatic N) is 4. The number of amidine groups is 1. The van der Waals surface area contributed by atoms with Gasteiger partial charge in [0.05, 0.1) is 52.4 Å². The summed E-state index contributed by atoms with van der Waals surface area (Å²) in [4.78, 5) is 19.3. The molecule has 53 heavy (non-hydrogen) atoms. The normalized spacial score (nSPS) is 9.98. The van der Waals surface area contributed by atoms with E-state index in [1.54, 1.807) is 0 Å². The molecule has 3 N–H and O–H groups in total. The van der Waals surface area contributed by atoms with E-state index in [9.17, 15) is 0 Å². The van der Waals surface area contributed by atoms with E-state index in [1.165, 1.54) is 6.92 Å². The summed E-state index contributed by atoms with van der Waals surface area (Å²) in [5, 5.41) is 6.28. The molecular formula is C46H38IrN6+3. The van der Waals surface area contributed by atoms with Gasteiger partial charge in [0.2, 0.25) is 0 Å². The number of nitrogens with one attached hydrogen (secondary N) is 1. The standard InChI is InChI=1S/2C22H16N2.C2H6N2.Ir/c2*1-4-10-17(11-5-1)20-16-23-21(18-12-6-2-7-13-18)22(24-20)19-14-8-3-9-15-19;1-2(3)4;/h2*1-16H;1H3,(H3,3,4);/q;;;+3. The van der Waals surface area contributed by atoms with E-state index < -0.39 is 0 Å². The quantitative estimate of drug-likeness (QED) is 0.128. The van der Waals surface area contributed by atoms with Crippen molar-refractivity contribution in [2.24, 2.45) is 5.73 Å². The summed E-state index contributed by atoms with van der Waals surface area (Å²) in [6.07, 6.45) is 3.70. The monoisotopic (exact) mass is 867 g/mol. The first kappa shape index (κ1) is 37.8. The van der Waals surface area contributed by atoms with E-state index in [0.717, 1.165) is 67.5 Å². The predicted octanol–water partition coefficient (Wildman–Crippen LogP) is 10.9. The Hall–Kier alpha value is -6.40. The summed E-state index contributed by atoms with van der Waals surface area (Å²) < 4.78 is 0. The smallest absolute Gasteiger partial charge is 0.388 e. The average molecular weight is 867 g/mol. The Balaban J connectivity index is 0.000000183. The maximum absolute atomic E-state index is 6.28. The predicted molar refractivity (Wildman–Crippen MR) is 214 cm³/mol. The molecule has 2 aromatic heterocycles. The first-order chi connectivity index (χ1) is 25.6. The Morgan fingerprint density at radius 2 is 0.585 bits per heavy atom.